The van der Waals surface area contributed by atoms with E-state index in [1.165, 1.54) is 0 Å². The quantitative estimate of drug-likeness (QED) is 0.822. The van der Waals surface area contributed by atoms with Gasteiger partial charge in [0.2, 0.25) is 0 Å². The van der Waals surface area contributed by atoms with Crippen LogP contribution in [0.1, 0.15) is 42.6 Å². The fourth-order valence-corrected chi connectivity index (χ4v) is 1.99. The molecule has 1 atom stereocenters. The third-order valence-corrected chi connectivity index (χ3v) is 3.04. The number of aliphatic hydroxyl groups excluding tert-OH is 1. The normalized spacial score (nSPS) is 13.4. The van der Waals surface area contributed by atoms with Crippen LogP contribution in [0, 0.1) is 11.3 Å². The van der Waals surface area contributed by atoms with E-state index >= 15 is 0 Å². The van der Waals surface area contributed by atoms with Crippen LogP contribution in [-0.2, 0) is 6.42 Å². The number of carbonyl (C=O) groups excluding carboxylic acids is 1. The maximum absolute atomic E-state index is 12.1. The summed E-state index contributed by atoms with van der Waals surface area (Å²) in [6, 6.07) is 9.06. The second-order valence-electron chi connectivity index (χ2n) is 4.96. The van der Waals surface area contributed by atoms with E-state index in [4.69, 9.17) is 5.26 Å². The molecule has 0 saturated heterocycles. The van der Waals surface area contributed by atoms with Gasteiger partial charge in [-0.15, -0.1) is 0 Å². The van der Waals surface area contributed by atoms with Gasteiger partial charge in [0.1, 0.15) is 0 Å². The van der Waals surface area contributed by atoms with Crippen molar-refractivity contribution in [1.82, 2.24) is 5.32 Å². The fourth-order valence-electron chi connectivity index (χ4n) is 1.99. The number of aliphatic hydroxyl groups is 1. The number of nitriles is 1. The molecule has 1 aromatic rings. The van der Waals surface area contributed by atoms with Gasteiger partial charge in [0.15, 0.2) is 0 Å². The van der Waals surface area contributed by atoms with Crippen molar-refractivity contribution in [3.8, 4) is 6.07 Å². The predicted molar refractivity (Wildman–Crippen MR) is 73.6 cm³/mol. The molecule has 0 saturated carbocycles. The third-order valence-electron chi connectivity index (χ3n) is 3.04. The van der Waals surface area contributed by atoms with E-state index in [-0.39, 0.29) is 18.9 Å². The van der Waals surface area contributed by atoms with Crippen molar-refractivity contribution < 1.29 is 9.90 Å². The van der Waals surface area contributed by atoms with Gasteiger partial charge in [0, 0.05) is 5.56 Å². The number of amides is 1. The Morgan fingerprint density at radius 1 is 1.53 bits per heavy atom. The second kappa shape index (κ2) is 6.91. The Morgan fingerprint density at radius 3 is 2.84 bits per heavy atom. The summed E-state index contributed by atoms with van der Waals surface area (Å²) in [5.74, 6) is -0.218. The van der Waals surface area contributed by atoms with E-state index in [9.17, 15) is 9.90 Å². The lowest BCUT2D eigenvalue weighted by atomic mass is 9.96. The predicted octanol–water partition coefficient (Wildman–Crippen LogP) is 2.03. The van der Waals surface area contributed by atoms with Crippen LogP contribution in [-0.4, -0.2) is 23.2 Å². The summed E-state index contributed by atoms with van der Waals surface area (Å²) >= 11 is 0. The number of hydrogen-bond acceptors (Lipinski definition) is 3. The summed E-state index contributed by atoms with van der Waals surface area (Å²) in [4.78, 5) is 12.1. The zero-order chi connectivity index (χ0) is 14.3. The number of nitrogens with zero attached hydrogens (tertiary/aromatic N) is 1. The number of benzene rings is 1. The molecule has 0 aliphatic carbocycles. The van der Waals surface area contributed by atoms with Gasteiger partial charge < -0.3 is 10.4 Å². The summed E-state index contributed by atoms with van der Waals surface area (Å²) in [5.41, 5.74) is 0.733. The minimum atomic E-state index is -0.600. The van der Waals surface area contributed by atoms with Crippen LogP contribution in [0.3, 0.4) is 0 Å². The molecule has 1 amide bonds. The Balaban J connectivity index is 2.83. The minimum Gasteiger partial charge on any atom is -0.394 e. The molecular weight excluding hydrogens is 240 g/mol. The van der Waals surface area contributed by atoms with E-state index in [0.717, 1.165) is 12.0 Å². The zero-order valence-corrected chi connectivity index (χ0v) is 11.4. The monoisotopic (exact) mass is 260 g/mol. The first kappa shape index (κ1) is 15.2. The van der Waals surface area contributed by atoms with Crippen LogP contribution in [0.2, 0.25) is 0 Å². The molecule has 0 heterocycles. The van der Waals surface area contributed by atoms with E-state index in [1.807, 2.05) is 19.9 Å². The van der Waals surface area contributed by atoms with Gasteiger partial charge in [0.05, 0.1) is 24.6 Å². The molecule has 0 aliphatic rings. The molecule has 1 aromatic carbocycles. The Hall–Kier alpha value is -1.86. The van der Waals surface area contributed by atoms with Gasteiger partial charge >= 0.3 is 0 Å². The van der Waals surface area contributed by atoms with Crippen LogP contribution in [0.15, 0.2) is 24.3 Å². The molecule has 0 bridgehead atoms. The minimum absolute atomic E-state index is 0.0928. The molecule has 0 unspecified atom stereocenters. The van der Waals surface area contributed by atoms with Crippen molar-refractivity contribution in [1.29, 1.82) is 5.26 Å². The second-order valence-corrected chi connectivity index (χ2v) is 4.96. The third kappa shape index (κ3) is 4.38. The molecule has 0 radical (unpaired) electrons. The van der Waals surface area contributed by atoms with Crippen LogP contribution in [0.4, 0.5) is 0 Å². The van der Waals surface area contributed by atoms with Gasteiger partial charge in [-0.2, -0.15) is 5.26 Å². The highest BCUT2D eigenvalue weighted by molar-refractivity contribution is 5.94. The lowest BCUT2D eigenvalue weighted by Gasteiger charge is -2.28. The summed E-state index contributed by atoms with van der Waals surface area (Å²) in [6.45, 7) is 3.74. The average molecular weight is 260 g/mol. The Morgan fingerprint density at radius 2 is 2.26 bits per heavy atom. The number of carbonyl (C=O) groups is 1. The van der Waals surface area contributed by atoms with Crippen molar-refractivity contribution in [3.05, 3.63) is 35.4 Å². The van der Waals surface area contributed by atoms with E-state index in [1.54, 1.807) is 18.2 Å². The Labute approximate surface area is 114 Å². The van der Waals surface area contributed by atoms with Crippen molar-refractivity contribution in [2.45, 2.75) is 38.6 Å². The highest BCUT2D eigenvalue weighted by Crippen LogP contribution is 2.13. The van der Waals surface area contributed by atoms with Gasteiger partial charge in [-0.25, -0.2) is 0 Å². The van der Waals surface area contributed by atoms with Gasteiger partial charge in [-0.05, 0) is 31.0 Å². The maximum atomic E-state index is 12.1. The van der Waals surface area contributed by atoms with Crippen molar-refractivity contribution in [2.24, 2.45) is 0 Å². The van der Waals surface area contributed by atoms with Crippen molar-refractivity contribution >= 4 is 5.91 Å². The number of nitrogens with one attached hydrogen (secondary N) is 1. The van der Waals surface area contributed by atoms with Crippen LogP contribution in [0.5, 0.6) is 0 Å². The molecule has 0 spiro atoms. The smallest absolute Gasteiger partial charge is 0.251 e. The SMILES string of the molecule is CCC[C@@](C)(CO)NC(=O)c1cccc(CC#N)c1. The maximum Gasteiger partial charge on any atom is 0.251 e. The highest BCUT2D eigenvalue weighted by Gasteiger charge is 2.24. The van der Waals surface area contributed by atoms with E-state index < -0.39 is 5.54 Å². The zero-order valence-electron chi connectivity index (χ0n) is 11.4. The standard InChI is InChI=1S/C15H20N2O2/c1-3-8-15(2,11-18)17-14(19)13-6-4-5-12(10-13)7-9-16/h4-6,10,18H,3,7-8,11H2,1-2H3,(H,17,19)/t15-/m0/s1. The van der Waals surface area contributed by atoms with E-state index in [0.29, 0.717) is 12.0 Å². The summed E-state index contributed by atoms with van der Waals surface area (Å²) in [6.07, 6.45) is 1.88. The summed E-state index contributed by atoms with van der Waals surface area (Å²) < 4.78 is 0. The molecule has 102 valence electrons. The average Bonchev–Trinajstić information content (AvgIpc) is 2.39. The van der Waals surface area contributed by atoms with Gasteiger partial charge in [-0.1, -0.05) is 25.5 Å². The highest BCUT2D eigenvalue weighted by atomic mass is 16.3. The number of rotatable bonds is 6. The van der Waals surface area contributed by atoms with Crippen molar-refractivity contribution in [2.75, 3.05) is 6.61 Å². The summed E-state index contributed by atoms with van der Waals surface area (Å²) in [5, 5.41) is 20.9. The lowest BCUT2D eigenvalue weighted by Crippen LogP contribution is -2.48. The van der Waals surface area contributed by atoms with Crippen LogP contribution >= 0.6 is 0 Å². The summed E-state index contributed by atoms with van der Waals surface area (Å²) in [7, 11) is 0. The van der Waals surface area contributed by atoms with Crippen LogP contribution in [0.25, 0.3) is 0 Å². The Bertz CT molecular complexity index is 479. The molecule has 2 N–H and O–H groups in total. The first-order chi connectivity index (χ1) is 9.04. The molecule has 19 heavy (non-hydrogen) atoms. The van der Waals surface area contributed by atoms with Gasteiger partial charge in [-0.3, -0.25) is 4.79 Å². The first-order valence-electron chi connectivity index (χ1n) is 6.44. The van der Waals surface area contributed by atoms with E-state index in [2.05, 4.69) is 11.4 Å². The topological polar surface area (TPSA) is 73.1 Å². The lowest BCUT2D eigenvalue weighted by molar-refractivity contribution is 0.0841. The number of hydrogen-bond donors (Lipinski definition) is 2. The molecule has 4 heteroatoms. The van der Waals surface area contributed by atoms with Crippen LogP contribution < -0.4 is 5.32 Å². The molecule has 4 nitrogen and oxygen atoms in total. The Kier molecular flexibility index (Phi) is 5.53. The first-order valence-corrected chi connectivity index (χ1v) is 6.44. The molecular formula is C15H20N2O2. The molecule has 1 rings (SSSR count). The molecule has 0 aromatic heterocycles. The van der Waals surface area contributed by atoms with Crippen molar-refractivity contribution in [3.63, 3.8) is 0 Å². The molecule has 0 fully saturated rings. The molecule has 0 aliphatic heterocycles. The fraction of sp³-hybridized carbons (Fsp3) is 0.467. The van der Waals surface area contributed by atoms with Gasteiger partial charge in [0.25, 0.3) is 5.91 Å². The largest absolute Gasteiger partial charge is 0.394 e.